The second kappa shape index (κ2) is 7.93. The van der Waals surface area contributed by atoms with E-state index in [2.05, 4.69) is 16.4 Å². The fourth-order valence-electron chi connectivity index (χ4n) is 2.65. The van der Waals surface area contributed by atoms with Crippen LogP contribution < -0.4 is 10.9 Å². The number of hydrogen-bond donors (Lipinski definition) is 1. The molecule has 0 saturated carbocycles. The molecule has 0 unspecified atom stereocenters. The number of rotatable bonds is 6. The molecule has 0 spiro atoms. The van der Waals surface area contributed by atoms with Crippen molar-refractivity contribution in [1.29, 1.82) is 5.26 Å². The first kappa shape index (κ1) is 18.5. The molecule has 0 amide bonds. The Morgan fingerprint density at radius 2 is 2.11 bits per heavy atom. The number of nitrogens with one attached hydrogen (secondary N) is 1. The maximum absolute atomic E-state index is 13.0. The van der Waals surface area contributed by atoms with Crippen molar-refractivity contribution >= 4 is 34.1 Å². The number of nitriles is 1. The summed E-state index contributed by atoms with van der Waals surface area (Å²) in [5, 5.41) is 14.9. The maximum atomic E-state index is 13.0. The summed E-state index contributed by atoms with van der Waals surface area (Å²) in [6, 6.07) is 11.6. The van der Waals surface area contributed by atoms with Crippen molar-refractivity contribution in [3.05, 3.63) is 57.3 Å². The van der Waals surface area contributed by atoms with Crippen LogP contribution in [0.3, 0.4) is 0 Å². The number of nitrogens with zero attached hydrogens (tertiary/aromatic N) is 4. The number of ether oxygens (including phenoxy) is 1. The lowest BCUT2D eigenvalue weighted by Gasteiger charge is -2.07. The van der Waals surface area contributed by atoms with Gasteiger partial charge in [-0.05, 0) is 26.0 Å². The monoisotopic (exact) mass is 381 g/mol. The largest absolute Gasteiger partial charge is 0.483 e. The normalized spacial score (nSPS) is 10.9. The van der Waals surface area contributed by atoms with Gasteiger partial charge in [-0.1, -0.05) is 18.2 Å². The number of benzene rings is 1. The number of aliphatic imine (C=N–C) groups is 1. The highest BCUT2D eigenvalue weighted by Crippen LogP contribution is 2.35. The molecule has 0 aliphatic heterocycles. The molecule has 2 aromatic heterocycles. The zero-order chi connectivity index (χ0) is 19.4. The van der Waals surface area contributed by atoms with Crippen LogP contribution in [0, 0.1) is 18.3 Å². The van der Waals surface area contributed by atoms with Crippen LogP contribution in [-0.2, 0) is 11.8 Å². The Labute approximate surface area is 160 Å². The van der Waals surface area contributed by atoms with E-state index in [9.17, 15) is 10.1 Å². The van der Waals surface area contributed by atoms with E-state index in [1.165, 1.54) is 17.7 Å². The van der Waals surface area contributed by atoms with Gasteiger partial charge in [-0.3, -0.25) is 9.48 Å². The molecule has 3 rings (SSSR count). The van der Waals surface area contributed by atoms with E-state index in [4.69, 9.17) is 4.74 Å². The molecule has 138 valence electrons. The van der Waals surface area contributed by atoms with E-state index in [1.54, 1.807) is 14.7 Å². The van der Waals surface area contributed by atoms with Gasteiger partial charge in [-0.15, -0.1) is 11.3 Å². The summed E-state index contributed by atoms with van der Waals surface area (Å²) in [4.78, 5) is 17.1. The van der Waals surface area contributed by atoms with Gasteiger partial charge < -0.3 is 10.1 Å². The highest BCUT2D eigenvalue weighted by atomic mass is 32.1. The second-order valence-electron chi connectivity index (χ2n) is 5.69. The Bertz CT molecular complexity index is 1070. The highest BCUT2D eigenvalue weighted by molar-refractivity contribution is 7.14. The highest BCUT2D eigenvalue weighted by Gasteiger charge is 2.19. The van der Waals surface area contributed by atoms with Gasteiger partial charge in [-0.25, -0.2) is 9.67 Å². The third kappa shape index (κ3) is 3.50. The van der Waals surface area contributed by atoms with Gasteiger partial charge in [0.25, 0.3) is 5.56 Å². The van der Waals surface area contributed by atoms with Crippen molar-refractivity contribution in [3.8, 4) is 11.8 Å². The molecule has 0 fully saturated rings. The summed E-state index contributed by atoms with van der Waals surface area (Å²) in [5.74, 6) is 0. The van der Waals surface area contributed by atoms with E-state index in [0.29, 0.717) is 28.5 Å². The number of anilines is 2. The van der Waals surface area contributed by atoms with Gasteiger partial charge in [-0.2, -0.15) is 5.26 Å². The lowest BCUT2D eigenvalue weighted by atomic mass is 10.2. The van der Waals surface area contributed by atoms with Gasteiger partial charge in [0, 0.05) is 12.4 Å². The van der Waals surface area contributed by atoms with Crippen LogP contribution in [0.15, 0.2) is 45.5 Å². The van der Waals surface area contributed by atoms with Gasteiger partial charge in [0.2, 0.25) is 0 Å². The van der Waals surface area contributed by atoms with Crippen LogP contribution in [0.25, 0.3) is 5.69 Å². The lowest BCUT2D eigenvalue weighted by molar-refractivity contribution is 0.344. The Morgan fingerprint density at radius 3 is 2.78 bits per heavy atom. The minimum absolute atomic E-state index is 0.185. The van der Waals surface area contributed by atoms with Crippen LogP contribution in [0.1, 0.15) is 18.2 Å². The van der Waals surface area contributed by atoms with Gasteiger partial charge in [0.15, 0.2) is 6.40 Å². The molecule has 0 saturated heterocycles. The third-order valence-corrected chi connectivity index (χ3v) is 4.99. The molecule has 1 N–H and O–H groups in total. The average Bonchev–Trinajstić information content (AvgIpc) is 3.16. The zero-order valence-electron chi connectivity index (χ0n) is 15.3. The van der Waals surface area contributed by atoms with Crippen LogP contribution in [0.5, 0.6) is 0 Å². The van der Waals surface area contributed by atoms with Gasteiger partial charge >= 0.3 is 0 Å². The number of thiophene rings is 1. The Balaban J connectivity index is 2.01. The van der Waals surface area contributed by atoms with Gasteiger partial charge in [0.05, 0.1) is 23.7 Å². The van der Waals surface area contributed by atoms with Crippen LogP contribution in [-0.4, -0.2) is 22.4 Å². The first-order valence-electron chi connectivity index (χ1n) is 8.35. The minimum atomic E-state index is -0.185. The Kier molecular flexibility index (Phi) is 5.43. The molecule has 8 heteroatoms. The molecule has 27 heavy (non-hydrogen) atoms. The smallest absolute Gasteiger partial charge is 0.295 e. The van der Waals surface area contributed by atoms with E-state index >= 15 is 0 Å². The molecule has 0 atom stereocenters. The molecule has 0 radical (unpaired) electrons. The fraction of sp³-hybridized carbons (Fsp3) is 0.211. The van der Waals surface area contributed by atoms with Crippen molar-refractivity contribution in [1.82, 2.24) is 9.36 Å². The molecule has 2 heterocycles. The lowest BCUT2D eigenvalue weighted by Crippen LogP contribution is -2.20. The summed E-state index contributed by atoms with van der Waals surface area (Å²) >= 11 is 1.31. The summed E-state index contributed by atoms with van der Waals surface area (Å²) in [5.41, 5.74) is 2.71. The zero-order valence-corrected chi connectivity index (χ0v) is 16.1. The topological polar surface area (TPSA) is 84.3 Å². The molecule has 3 aromatic rings. The average molecular weight is 381 g/mol. The molecule has 0 aliphatic carbocycles. The Morgan fingerprint density at radius 1 is 1.37 bits per heavy atom. The summed E-state index contributed by atoms with van der Waals surface area (Å²) in [6.45, 7) is 4.22. The van der Waals surface area contributed by atoms with Crippen molar-refractivity contribution in [2.45, 2.75) is 13.8 Å². The molecule has 1 aromatic carbocycles. The van der Waals surface area contributed by atoms with Gasteiger partial charge in [0.1, 0.15) is 22.3 Å². The SMILES string of the molecule is CCO/C=N/c1scc(Nc2c(C)n(C)n(-c3ccccc3)c2=O)c1C#N. The van der Waals surface area contributed by atoms with E-state index in [0.717, 1.165) is 11.4 Å². The first-order chi connectivity index (χ1) is 13.1. The van der Waals surface area contributed by atoms with Crippen LogP contribution >= 0.6 is 11.3 Å². The maximum Gasteiger partial charge on any atom is 0.295 e. The molecular formula is C19H19N5O2S. The molecule has 0 bridgehead atoms. The summed E-state index contributed by atoms with van der Waals surface area (Å²) < 4.78 is 8.47. The van der Waals surface area contributed by atoms with Crippen molar-refractivity contribution < 1.29 is 4.74 Å². The van der Waals surface area contributed by atoms with E-state index < -0.39 is 0 Å². The van der Waals surface area contributed by atoms with E-state index in [1.807, 2.05) is 51.2 Å². The minimum Gasteiger partial charge on any atom is -0.483 e. The predicted molar refractivity (Wildman–Crippen MR) is 108 cm³/mol. The fourth-order valence-corrected chi connectivity index (χ4v) is 3.43. The van der Waals surface area contributed by atoms with Crippen molar-refractivity contribution in [2.24, 2.45) is 12.0 Å². The second-order valence-corrected chi connectivity index (χ2v) is 6.55. The third-order valence-electron chi connectivity index (χ3n) is 4.11. The quantitative estimate of drug-likeness (QED) is 0.519. The van der Waals surface area contributed by atoms with Crippen LogP contribution in [0.2, 0.25) is 0 Å². The molecular weight excluding hydrogens is 362 g/mol. The predicted octanol–water partition coefficient (Wildman–Crippen LogP) is 3.86. The first-order valence-corrected chi connectivity index (χ1v) is 9.23. The summed E-state index contributed by atoms with van der Waals surface area (Å²) in [6.07, 6.45) is 1.33. The molecule has 7 nitrogen and oxygen atoms in total. The standard InChI is InChI=1S/C19H19N5O2S/c1-4-26-12-21-18-15(10-20)16(11-27-18)22-17-13(2)23(3)24(19(17)25)14-8-6-5-7-9-14/h5-9,11-12,22H,4H2,1-3H3/b21-12+. The summed E-state index contributed by atoms with van der Waals surface area (Å²) in [7, 11) is 1.82. The van der Waals surface area contributed by atoms with Crippen molar-refractivity contribution in [3.63, 3.8) is 0 Å². The number of aromatic nitrogens is 2. The molecule has 0 aliphatic rings. The van der Waals surface area contributed by atoms with E-state index in [-0.39, 0.29) is 5.56 Å². The number of para-hydroxylation sites is 1. The van der Waals surface area contributed by atoms with Crippen LogP contribution in [0.4, 0.5) is 16.4 Å². The Hall–Kier alpha value is -3.31. The van der Waals surface area contributed by atoms with Crippen molar-refractivity contribution in [2.75, 3.05) is 11.9 Å². The number of hydrogen-bond acceptors (Lipinski definition) is 6.